The van der Waals surface area contributed by atoms with Gasteiger partial charge in [0.15, 0.2) is 4.34 Å². The summed E-state index contributed by atoms with van der Waals surface area (Å²) < 4.78 is 1.99. The van der Waals surface area contributed by atoms with Crippen LogP contribution in [0.2, 0.25) is 0 Å². The fourth-order valence-electron chi connectivity index (χ4n) is 1.16. The molecular formula is C11H10N2O2S2. The van der Waals surface area contributed by atoms with Crippen LogP contribution in [0, 0.1) is 0 Å². The number of aromatic nitrogens is 1. The quantitative estimate of drug-likeness (QED) is 0.402. The average molecular weight is 266 g/mol. The van der Waals surface area contributed by atoms with Gasteiger partial charge >= 0.3 is 0 Å². The summed E-state index contributed by atoms with van der Waals surface area (Å²) in [5, 5.41) is 11.0. The second-order valence-electron chi connectivity index (χ2n) is 3.23. The lowest BCUT2D eigenvalue weighted by Gasteiger charge is -2.02. The van der Waals surface area contributed by atoms with Crippen LogP contribution in [0.5, 0.6) is 0 Å². The summed E-state index contributed by atoms with van der Waals surface area (Å²) in [4.78, 5) is 15.5. The topological polar surface area (TPSA) is 53.4 Å². The van der Waals surface area contributed by atoms with Gasteiger partial charge in [0.05, 0.1) is 10.2 Å². The van der Waals surface area contributed by atoms with Crippen molar-refractivity contribution in [3.8, 4) is 0 Å². The summed E-state index contributed by atoms with van der Waals surface area (Å²) in [6.07, 6.45) is 1.30. The standard InChI is InChI=1S/C11H10N2O2S2/c1-13(15)10(14)6-7-16-11-12-8-4-2-3-5-9(8)17-11/h2-7,15H,1H3/b7-6+. The van der Waals surface area contributed by atoms with Crippen LogP contribution in [-0.2, 0) is 4.79 Å². The molecule has 6 heteroatoms. The number of thiazole rings is 1. The summed E-state index contributed by atoms with van der Waals surface area (Å²) in [6.45, 7) is 0. The highest BCUT2D eigenvalue weighted by atomic mass is 32.2. The number of rotatable bonds is 3. The summed E-state index contributed by atoms with van der Waals surface area (Å²) in [6, 6.07) is 7.87. The first-order valence-electron chi connectivity index (χ1n) is 4.82. The van der Waals surface area contributed by atoms with E-state index >= 15 is 0 Å². The Hall–Kier alpha value is -1.37. The van der Waals surface area contributed by atoms with Gasteiger partial charge in [0.25, 0.3) is 5.91 Å². The SMILES string of the molecule is CN(O)C(=O)/C=C/Sc1nc2ccccc2s1. The molecule has 2 aromatic rings. The number of likely N-dealkylation sites (N-methyl/N-ethyl adjacent to an activating group) is 1. The molecule has 4 nitrogen and oxygen atoms in total. The van der Waals surface area contributed by atoms with Crippen molar-refractivity contribution in [3.63, 3.8) is 0 Å². The number of fused-ring (bicyclic) bond motifs is 1. The molecule has 0 aliphatic rings. The maximum Gasteiger partial charge on any atom is 0.270 e. The minimum absolute atomic E-state index is 0.460. The molecule has 0 saturated carbocycles. The van der Waals surface area contributed by atoms with Crippen molar-refractivity contribution in [3.05, 3.63) is 35.7 Å². The Morgan fingerprint density at radius 3 is 3.00 bits per heavy atom. The Morgan fingerprint density at radius 1 is 1.53 bits per heavy atom. The maximum absolute atomic E-state index is 11.1. The number of nitrogens with zero attached hydrogens (tertiary/aromatic N) is 2. The fourth-order valence-corrected chi connectivity index (χ4v) is 2.94. The fraction of sp³-hybridized carbons (Fsp3) is 0.0909. The molecule has 1 amide bonds. The third-order valence-electron chi connectivity index (χ3n) is 1.97. The number of hydroxylamine groups is 2. The lowest BCUT2D eigenvalue weighted by Crippen LogP contribution is -2.19. The molecule has 1 aromatic carbocycles. The summed E-state index contributed by atoms with van der Waals surface area (Å²) in [7, 11) is 1.29. The first-order valence-corrected chi connectivity index (χ1v) is 6.52. The smallest absolute Gasteiger partial charge is 0.270 e. The van der Waals surface area contributed by atoms with E-state index in [1.807, 2.05) is 24.3 Å². The van der Waals surface area contributed by atoms with E-state index in [-0.39, 0.29) is 0 Å². The molecule has 0 atom stereocenters. The second-order valence-corrected chi connectivity index (χ2v) is 5.41. The number of amides is 1. The van der Waals surface area contributed by atoms with Crippen LogP contribution >= 0.6 is 23.1 Å². The van der Waals surface area contributed by atoms with E-state index in [1.54, 1.807) is 16.7 Å². The monoisotopic (exact) mass is 266 g/mol. The minimum atomic E-state index is -0.460. The third-order valence-corrected chi connectivity index (χ3v) is 3.91. The van der Waals surface area contributed by atoms with Crippen molar-refractivity contribution in [2.75, 3.05) is 7.05 Å². The number of thioether (sulfide) groups is 1. The van der Waals surface area contributed by atoms with Gasteiger partial charge in [-0.1, -0.05) is 23.9 Å². The van der Waals surface area contributed by atoms with Gasteiger partial charge in [-0.25, -0.2) is 10.0 Å². The van der Waals surface area contributed by atoms with Crippen LogP contribution in [0.15, 0.2) is 40.1 Å². The van der Waals surface area contributed by atoms with Crippen LogP contribution in [0.1, 0.15) is 0 Å². The lowest BCUT2D eigenvalue weighted by molar-refractivity contribution is -0.153. The minimum Gasteiger partial charge on any atom is -0.286 e. The van der Waals surface area contributed by atoms with E-state index < -0.39 is 5.91 Å². The summed E-state index contributed by atoms with van der Waals surface area (Å²) >= 11 is 2.93. The Morgan fingerprint density at radius 2 is 2.29 bits per heavy atom. The summed E-state index contributed by atoms with van der Waals surface area (Å²) in [5.74, 6) is -0.460. The summed E-state index contributed by atoms with van der Waals surface area (Å²) in [5.41, 5.74) is 0.957. The van der Waals surface area contributed by atoms with Gasteiger partial charge in [0.1, 0.15) is 0 Å². The Bertz CT molecular complexity index is 530. The lowest BCUT2D eigenvalue weighted by atomic mass is 10.3. The molecule has 0 fully saturated rings. The molecule has 88 valence electrons. The number of hydrogen-bond acceptors (Lipinski definition) is 5. The van der Waals surface area contributed by atoms with Crippen molar-refractivity contribution in [1.82, 2.24) is 10.0 Å². The first kappa shape index (κ1) is 12.1. The van der Waals surface area contributed by atoms with Crippen LogP contribution in [-0.4, -0.2) is 28.2 Å². The van der Waals surface area contributed by atoms with E-state index in [1.165, 1.54) is 24.9 Å². The van der Waals surface area contributed by atoms with Gasteiger partial charge in [-0.3, -0.25) is 10.0 Å². The predicted molar refractivity (Wildman–Crippen MR) is 69.2 cm³/mol. The molecule has 1 heterocycles. The highest BCUT2D eigenvalue weighted by Crippen LogP contribution is 2.29. The van der Waals surface area contributed by atoms with Gasteiger partial charge < -0.3 is 0 Å². The van der Waals surface area contributed by atoms with Gasteiger partial charge in [0.2, 0.25) is 0 Å². The molecule has 0 bridgehead atoms. The van der Waals surface area contributed by atoms with Crippen molar-refractivity contribution in [1.29, 1.82) is 0 Å². The zero-order valence-electron chi connectivity index (χ0n) is 9.03. The largest absolute Gasteiger partial charge is 0.286 e. The van der Waals surface area contributed by atoms with Gasteiger partial charge in [-0.15, -0.1) is 11.3 Å². The van der Waals surface area contributed by atoms with Crippen molar-refractivity contribution in [2.45, 2.75) is 4.34 Å². The molecule has 0 aliphatic carbocycles. The molecule has 0 radical (unpaired) electrons. The number of benzene rings is 1. The van der Waals surface area contributed by atoms with Crippen LogP contribution in [0.3, 0.4) is 0 Å². The molecule has 1 aromatic heterocycles. The maximum atomic E-state index is 11.1. The third kappa shape index (κ3) is 3.06. The zero-order chi connectivity index (χ0) is 12.3. The van der Waals surface area contributed by atoms with E-state index in [4.69, 9.17) is 5.21 Å². The van der Waals surface area contributed by atoms with E-state index in [2.05, 4.69) is 4.98 Å². The van der Waals surface area contributed by atoms with E-state index in [0.717, 1.165) is 14.6 Å². The molecule has 2 rings (SSSR count). The Labute approximate surface area is 107 Å². The number of para-hydroxylation sites is 1. The first-order chi connectivity index (χ1) is 8.16. The normalized spacial score (nSPS) is 11.2. The second kappa shape index (κ2) is 5.31. The van der Waals surface area contributed by atoms with Crippen molar-refractivity contribution < 1.29 is 10.0 Å². The predicted octanol–water partition coefficient (Wildman–Crippen LogP) is 2.75. The van der Waals surface area contributed by atoms with Crippen molar-refractivity contribution >= 4 is 39.2 Å². The molecule has 0 aliphatic heterocycles. The highest BCUT2D eigenvalue weighted by molar-refractivity contribution is 8.03. The number of carbonyl (C=O) groups excluding carboxylic acids is 1. The van der Waals surface area contributed by atoms with E-state index in [9.17, 15) is 4.79 Å². The molecule has 0 saturated heterocycles. The van der Waals surface area contributed by atoms with Crippen LogP contribution in [0.4, 0.5) is 0 Å². The number of carbonyl (C=O) groups is 1. The highest BCUT2D eigenvalue weighted by Gasteiger charge is 2.03. The Kier molecular flexibility index (Phi) is 3.78. The Balaban J connectivity index is 2.06. The van der Waals surface area contributed by atoms with Crippen molar-refractivity contribution in [2.24, 2.45) is 0 Å². The average Bonchev–Trinajstić information content (AvgIpc) is 2.71. The molecule has 0 spiro atoms. The van der Waals surface area contributed by atoms with Gasteiger partial charge in [-0.2, -0.15) is 0 Å². The molecule has 1 N–H and O–H groups in total. The van der Waals surface area contributed by atoms with Crippen LogP contribution in [0.25, 0.3) is 10.2 Å². The zero-order valence-corrected chi connectivity index (χ0v) is 10.7. The van der Waals surface area contributed by atoms with Gasteiger partial charge in [-0.05, 0) is 17.5 Å². The molecular weight excluding hydrogens is 256 g/mol. The molecule has 17 heavy (non-hydrogen) atoms. The van der Waals surface area contributed by atoms with Crippen LogP contribution < -0.4 is 0 Å². The molecule has 0 unspecified atom stereocenters. The van der Waals surface area contributed by atoms with Gasteiger partial charge in [0, 0.05) is 13.1 Å². The van der Waals surface area contributed by atoms with E-state index in [0.29, 0.717) is 5.06 Å². The number of hydrogen-bond donors (Lipinski definition) is 1.